The summed E-state index contributed by atoms with van der Waals surface area (Å²) in [7, 11) is -3.63. The Bertz CT molecular complexity index is 1130. The van der Waals surface area contributed by atoms with E-state index in [1.807, 2.05) is 63.4 Å². The molecule has 0 radical (unpaired) electrons. The van der Waals surface area contributed by atoms with Gasteiger partial charge in [-0.2, -0.15) is 4.31 Å². The minimum absolute atomic E-state index is 0.191. The highest BCUT2D eigenvalue weighted by Crippen LogP contribution is 2.25. The van der Waals surface area contributed by atoms with E-state index in [0.29, 0.717) is 23.8 Å². The van der Waals surface area contributed by atoms with E-state index in [9.17, 15) is 13.2 Å². The fraction of sp³-hybridized carbons (Fsp3) is 0.333. The molecule has 3 aromatic rings. The molecule has 3 rings (SSSR count). The summed E-state index contributed by atoms with van der Waals surface area (Å²) >= 11 is 1.34. The van der Waals surface area contributed by atoms with E-state index in [4.69, 9.17) is 0 Å². The zero-order valence-corrected chi connectivity index (χ0v) is 20.4. The van der Waals surface area contributed by atoms with Crippen LogP contribution in [-0.4, -0.2) is 36.7 Å². The Kier molecular flexibility index (Phi) is 7.82. The molecule has 0 aliphatic rings. The first-order valence-electron chi connectivity index (χ1n) is 10.6. The van der Waals surface area contributed by atoms with Crippen LogP contribution in [0.2, 0.25) is 0 Å². The van der Waals surface area contributed by atoms with Gasteiger partial charge in [0.25, 0.3) is 5.91 Å². The number of hydrogen-bond acceptors (Lipinski definition) is 5. The molecule has 0 aliphatic heterocycles. The molecule has 32 heavy (non-hydrogen) atoms. The number of anilines is 1. The Labute approximate surface area is 194 Å². The van der Waals surface area contributed by atoms with Gasteiger partial charge >= 0.3 is 0 Å². The molecule has 0 unspecified atom stereocenters. The summed E-state index contributed by atoms with van der Waals surface area (Å²) in [5.74, 6) is 0.101. The SMILES string of the molecule is CC(C)CN(CC(C)C)S(=O)(=O)c1ccc(C(=O)Nc2nc(-c3ccccc3)cs2)cc1. The zero-order chi connectivity index (χ0) is 23.3. The second-order valence-corrected chi connectivity index (χ2v) is 11.3. The minimum Gasteiger partial charge on any atom is -0.298 e. The average Bonchev–Trinajstić information content (AvgIpc) is 3.22. The van der Waals surface area contributed by atoms with Crippen molar-refractivity contribution in [3.05, 3.63) is 65.5 Å². The van der Waals surface area contributed by atoms with Crippen molar-refractivity contribution in [2.45, 2.75) is 32.6 Å². The summed E-state index contributed by atoms with van der Waals surface area (Å²) in [6.45, 7) is 8.90. The monoisotopic (exact) mass is 471 g/mol. The number of thiazole rings is 1. The van der Waals surface area contributed by atoms with Crippen LogP contribution in [0.15, 0.2) is 64.9 Å². The topological polar surface area (TPSA) is 79.4 Å². The van der Waals surface area contributed by atoms with Gasteiger partial charge in [-0.1, -0.05) is 58.0 Å². The second kappa shape index (κ2) is 10.4. The van der Waals surface area contributed by atoms with Crippen LogP contribution in [0.5, 0.6) is 0 Å². The Morgan fingerprint density at radius 1 is 0.969 bits per heavy atom. The predicted molar refractivity (Wildman–Crippen MR) is 130 cm³/mol. The van der Waals surface area contributed by atoms with Crippen molar-refractivity contribution in [2.24, 2.45) is 11.8 Å². The highest BCUT2D eigenvalue weighted by molar-refractivity contribution is 7.89. The van der Waals surface area contributed by atoms with Crippen molar-refractivity contribution in [1.29, 1.82) is 0 Å². The molecule has 1 amide bonds. The Morgan fingerprint density at radius 2 is 1.56 bits per heavy atom. The van der Waals surface area contributed by atoms with E-state index in [-0.39, 0.29) is 22.6 Å². The highest BCUT2D eigenvalue weighted by atomic mass is 32.2. The maximum Gasteiger partial charge on any atom is 0.257 e. The number of hydrogen-bond donors (Lipinski definition) is 1. The van der Waals surface area contributed by atoms with Gasteiger partial charge in [-0.3, -0.25) is 10.1 Å². The van der Waals surface area contributed by atoms with Crippen molar-refractivity contribution in [2.75, 3.05) is 18.4 Å². The van der Waals surface area contributed by atoms with E-state index < -0.39 is 10.0 Å². The highest BCUT2D eigenvalue weighted by Gasteiger charge is 2.26. The summed E-state index contributed by atoms with van der Waals surface area (Å²) in [6, 6.07) is 15.8. The third-order valence-corrected chi connectivity index (χ3v) is 7.29. The lowest BCUT2D eigenvalue weighted by atomic mass is 10.2. The number of nitrogens with zero attached hydrogens (tertiary/aromatic N) is 2. The molecule has 2 aromatic carbocycles. The second-order valence-electron chi connectivity index (χ2n) is 8.49. The van der Waals surface area contributed by atoms with Crippen LogP contribution in [0.3, 0.4) is 0 Å². The zero-order valence-electron chi connectivity index (χ0n) is 18.8. The molecule has 0 saturated heterocycles. The Hall–Kier alpha value is -2.55. The molecule has 170 valence electrons. The number of carbonyl (C=O) groups is 1. The van der Waals surface area contributed by atoms with Gasteiger partial charge in [0.05, 0.1) is 10.6 Å². The first-order chi connectivity index (χ1) is 15.2. The van der Waals surface area contributed by atoms with Crippen LogP contribution >= 0.6 is 11.3 Å². The molecule has 0 saturated carbocycles. The number of nitrogens with one attached hydrogen (secondary N) is 1. The standard InChI is InChI=1S/C24H29N3O3S2/c1-17(2)14-27(15-18(3)4)32(29,30)21-12-10-20(11-13-21)23(28)26-24-25-22(16-31-24)19-8-6-5-7-9-19/h5-13,16-18H,14-15H2,1-4H3,(H,25,26,28). The van der Waals surface area contributed by atoms with E-state index in [1.165, 1.54) is 39.9 Å². The maximum atomic E-state index is 13.1. The van der Waals surface area contributed by atoms with Crippen molar-refractivity contribution < 1.29 is 13.2 Å². The van der Waals surface area contributed by atoms with Crippen LogP contribution in [0.25, 0.3) is 11.3 Å². The number of amides is 1. The molecular formula is C24H29N3O3S2. The van der Waals surface area contributed by atoms with E-state index in [0.717, 1.165) is 11.3 Å². The van der Waals surface area contributed by atoms with Gasteiger partial charge in [0.15, 0.2) is 5.13 Å². The van der Waals surface area contributed by atoms with Gasteiger partial charge in [0.2, 0.25) is 10.0 Å². The molecule has 1 N–H and O–H groups in total. The summed E-state index contributed by atoms with van der Waals surface area (Å²) < 4.78 is 27.8. The number of aromatic nitrogens is 1. The van der Waals surface area contributed by atoms with Gasteiger partial charge < -0.3 is 0 Å². The molecule has 6 nitrogen and oxygen atoms in total. The molecule has 0 aliphatic carbocycles. The smallest absolute Gasteiger partial charge is 0.257 e. The number of carbonyl (C=O) groups excluding carboxylic acids is 1. The van der Waals surface area contributed by atoms with Crippen LogP contribution in [0, 0.1) is 11.8 Å². The van der Waals surface area contributed by atoms with Gasteiger partial charge in [0, 0.05) is 29.6 Å². The molecule has 1 heterocycles. The lowest BCUT2D eigenvalue weighted by Gasteiger charge is -2.25. The molecule has 0 bridgehead atoms. The molecule has 0 spiro atoms. The quantitative estimate of drug-likeness (QED) is 0.455. The fourth-order valence-electron chi connectivity index (χ4n) is 3.25. The predicted octanol–water partition coefficient (Wildman–Crippen LogP) is 5.37. The van der Waals surface area contributed by atoms with Crippen molar-refractivity contribution in [1.82, 2.24) is 9.29 Å². The van der Waals surface area contributed by atoms with Crippen LogP contribution in [-0.2, 0) is 10.0 Å². The van der Waals surface area contributed by atoms with E-state index in [2.05, 4.69) is 10.3 Å². The average molecular weight is 472 g/mol. The minimum atomic E-state index is -3.63. The van der Waals surface area contributed by atoms with E-state index >= 15 is 0 Å². The summed E-state index contributed by atoms with van der Waals surface area (Å²) in [4.78, 5) is 17.3. The van der Waals surface area contributed by atoms with Gasteiger partial charge in [-0.15, -0.1) is 11.3 Å². The summed E-state index contributed by atoms with van der Waals surface area (Å²) in [5.41, 5.74) is 2.15. The van der Waals surface area contributed by atoms with Crippen molar-refractivity contribution in [3.63, 3.8) is 0 Å². The van der Waals surface area contributed by atoms with Crippen LogP contribution in [0.4, 0.5) is 5.13 Å². The van der Waals surface area contributed by atoms with Gasteiger partial charge in [-0.25, -0.2) is 13.4 Å². The Balaban J connectivity index is 1.73. The lowest BCUT2D eigenvalue weighted by Crippen LogP contribution is -2.37. The van der Waals surface area contributed by atoms with Crippen LogP contribution < -0.4 is 5.32 Å². The third-order valence-electron chi connectivity index (χ3n) is 4.69. The summed E-state index contributed by atoms with van der Waals surface area (Å²) in [6.07, 6.45) is 0. The normalized spacial score (nSPS) is 12.0. The third kappa shape index (κ3) is 6.03. The van der Waals surface area contributed by atoms with Crippen LogP contribution in [0.1, 0.15) is 38.1 Å². The van der Waals surface area contributed by atoms with E-state index in [1.54, 1.807) is 0 Å². The van der Waals surface area contributed by atoms with Crippen molar-refractivity contribution >= 4 is 32.4 Å². The van der Waals surface area contributed by atoms with Gasteiger partial charge in [0.1, 0.15) is 0 Å². The molecule has 1 aromatic heterocycles. The Morgan fingerprint density at radius 3 is 2.12 bits per heavy atom. The fourth-order valence-corrected chi connectivity index (χ4v) is 5.74. The maximum absolute atomic E-state index is 13.1. The molecule has 8 heteroatoms. The number of benzene rings is 2. The number of sulfonamides is 1. The molecular weight excluding hydrogens is 442 g/mol. The molecule has 0 atom stereocenters. The summed E-state index contributed by atoms with van der Waals surface area (Å²) in [5, 5.41) is 5.17. The first kappa shape index (κ1) is 24.1. The lowest BCUT2D eigenvalue weighted by molar-refractivity contribution is 0.102. The van der Waals surface area contributed by atoms with Crippen molar-refractivity contribution in [3.8, 4) is 11.3 Å². The molecule has 0 fully saturated rings. The van der Waals surface area contributed by atoms with Gasteiger partial charge in [-0.05, 0) is 36.1 Å². The first-order valence-corrected chi connectivity index (χ1v) is 12.9. The number of rotatable bonds is 9. The largest absolute Gasteiger partial charge is 0.298 e.